The van der Waals surface area contributed by atoms with Crippen LogP contribution in [0, 0.1) is 0 Å². The summed E-state index contributed by atoms with van der Waals surface area (Å²) in [7, 11) is -3.60. The van der Waals surface area contributed by atoms with E-state index in [0.717, 1.165) is 10.2 Å². The second-order valence-electron chi connectivity index (χ2n) is 6.71. The zero-order valence-electron chi connectivity index (χ0n) is 16.2. The third kappa shape index (κ3) is 4.01. The van der Waals surface area contributed by atoms with Gasteiger partial charge in [0.1, 0.15) is 0 Å². The molecule has 4 rings (SSSR count). The molecule has 30 heavy (non-hydrogen) atoms. The van der Waals surface area contributed by atoms with E-state index in [1.807, 2.05) is 28.8 Å². The molecule has 0 atom stereocenters. The summed E-state index contributed by atoms with van der Waals surface area (Å²) in [4.78, 5) is 17.8. The first-order valence-electron chi connectivity index (χ1n) is 9.47. The Bertz CT molecular complexity index is 1250. The summed E-state index contributed by atoms with van der Waals surface area (Å²) < 4.78 is 35.0. The minimum Gasteiger partial charge on any atom is -0.379 e. The lowest BCUT2D eigenvalue weighted by Crippen LogP contribution is -2.40. The van der Waals surface area contributed by atoms with Crippen LogP contribution in [0.2, 0.25) is 0 Å². The number of carbonyl (C=O) groups excluding carboxylic acids is 1. The number of ether oxygens (including phenoxy) is 1. The number of benzene rings is 2. The molecule has 1 aromatic heterocycles. The van der Waals surface area contributed by atoms with Gasteiger partial charge in [0.15, 0.2) is 4.80 Å². The Morgan fingerprint density at radius 1 is 1.13 bits per heavy atom. The number of allylic oxidation sites excluding steroid dienone is 1. The predicted octanol–water partition coefficient (Wildman–Crippen LogP) is 2.65. The summed E-state index contributed by atoms with van der Waals surface area (Å²) in [5, 5.41) is 0. The Balaban J connectivity index is 1.64. The molecule has 1 saturated heterocycles. The number of hydrogen-bond donors (Lipinski definition) is 0. The van der Waals surface area contributed by atoms with E-state index < -0.39 is 15.9 Å². The van der Waals surface area contributed by atoms with Crippen molar-refractivity contribution in [2.75, 3.05) is 26.3 Å². The van der Waals surface area contributed by atoms with Crippen molar-refractivity contribution in [2.24, 2.45) is 4.99 Å². The fourth-order valence-corrected chi connectivity index (χ4v) is 5.71. The van der Waals surface area contributed by atoms with Gasteiger partial charge < -0.3 is 9.30 Å². The number of hydrogen-bond acceptors (Lipinski definition) is 5. The van der Waals surface area contributed by atoms with Gasteiger partial charge in [0.05, 0.1) is 28.3 Å². The van der Waals surface area contributed by atoms with Crippen molar-refractivity contribution in [3.05, 3.63) is 71.6 Å². The van der Waals surface area contributed by atoms with Crippen molar-refractivity contribution in [1.82, 2.24) is 8.87 Å². The van der Waals surface area contributed by atoms with Crippen LogP contribution in [0.4, 0.5) is 0 Å². The third-order valence-electron chi connectivity index (χ3n) is 4.81. The van der Waals surface area contributed by atoms with Gasteiger partial charge in [-0.1, -0.05) is 29.5 Å². The molecule has 2 heterocycles. The average molecular weight is 444 g/mol. The first-order valence-corrected chi connectivity index (χ1v) is 11.7. The van der Waals surface area contributed by atoms with Crippen molar-refractivity contribution in [3.8, 4) is 0 Å². The Hall–Kier alpha value is -2.59. The normalized spacial score (nSPS) is 16.1. The van der Waals surface area contributed by atoms with E-state index in [4.69, 9.17) is 4.74 Å². The maximum Gasteiger partial charge on any atom is 0.279 e. The van der Waals surface area contributed by atoms with Crippen molar-refractivity contribution < 1.29 is 17.9 Å². The van der Waals surface area contributed by atoms with Crippen LogP contribution in [0.25, 0.3) is 10.2 Å². The van der Waals surface area contributed by atoms with Gasteiger partial charge >= 0.3 is 0 Å². The topological polar surface area (TPSA) is 81.0 Å². The van der Waals surface area contributed by atoms with E-state index in [9.17, 15) is 13.2 Å². The monoisotopic (exact) mass is 443 g/mol. The molecule has 2 aromatic carbocycles. The zero-order valence-corrected chi connectivity index (χ0v) is 17.9. The lowest BCUT2D eigenvalue weighted by atomic mass is 10.2. The Kier molecular flexibility index (Phi) is 5.96. The molecule has 1 amide bonds. The second-order valence-corrected chi connectivity index (χ2v) is 9.66. The van der Waals surface area contributed by atoms with Crippen LogP contribution in [0.5, 0.6) is 0 Å². The average Bonchev–Trinajstić information content (AvgIpc) is 3.12. The van der Waals surface area contributed by atoms with Crippen molar-refractivity contribution in [1.29, 1.82) is 0 Å². The van der Waals surface area contributed by atoms with Gasteiger partial charge in [-0.3, -0.25) is 4.79 Å². The molecular weight excluding hydrogens is 422 g/mol. The van der Waals surface area contributed by atoms with Crippen LogP contribution in [0.3, 0.4) is 0 Å². The highest BCUT2D eigenvalue weighted by Crippen LogP contribution is 2.19. The quantitative estimate of drug-likeness (QED) is 0.568. The molecule has 1 fully saturated rings. The lowest BCUT2D eigenvalue weighted by Gasteiger charge is -2.26. The van der Waals surface area contributed by atoms with Crippen molar-refractivity contribution >= 4 is 37.5 Å². The van der Waals surface area contributed by atoms with E-state index in [1.165, 1.54) is 39.9 Å². The van der Waals surface area contributed by atoms with Gasteiger partial charge in [0.25, 0.3) is 5.91 Å². The minimum absolute atomic E-state index is 0.157. The van der Waals surface area contributed by atoms with Crippen LogP contribution in [0.15, 0.2) is 71.1 Å². The number of fused-ring (bicyclic) bond motifs is 1. The van der Waals surface area contributed by atoms with E-state index in [-0.39, 0.29) is 4.90 Å². The molecule has 156 valence electrons. The van der Waals surface area contributed by atoms with Gasteiger partial charge in [-0.15, -0.1) is 6.58 Å². The standard InChI is InChI=1S/C21H21N3O4S2/c1-2-11-24-18-5-3-4-6-19(18)29-21(24)22-20(25)16-7-9-17(10-8-16)30(26,27)23-12-14-28-15-13-23/h2-10H,1,11-15H2. The van der Waals surface area contributed by atoms with E-state index >= 15 is 0 Å². The molecule has 7 nitrogen and oxygen atoms in total. The SMILES string of the molecule is C=CCn1c(=NC(=O)c2ccc(S(=O)(=O)N3CCOCC3)cc2)sc2ccccc21. The zero-order chi connectivity index (χ0) is 21.1. The molecule has 0 spiro atoms. The molecule has 0 aliphatic carbocycles. The van der Waals surface area contributed by atoms with Gasteiger partial charge in [-0.2, -0.15) is 9.30 Å². The van der Waals surface area contributed by atoms with Gasteiger partial charge in [0.2, 0.25) is 10.0 Å². The number of morpholine rings is 1. The molecule has 0 unspecified atom stereocenters. The van der Waals surface area contributed by atoms with Crippen molar-refractivity contribution in [2.45, 2.75) is 11.4 Å². The number of nitrogens with zero attached hydrogens (tertiary/aromatic N) is 3. The van der Waals surface area contributed by atoms with Gasteiger partial charge in [-0.25, -0.2) is 8.42 Å². The summed E-state index contributed by atoms with van der Waals surface area (Å²) in [5.74, 6) is -0.422. The molecule has 3 aromatic rings. The van der Waals surface area contributed by atoms with E-state index in [1.54, 1.807) is 6.08 Å². The molecule has 0 N–H and O–H groups in total. The van der Waals surface area contributed by atoms with E-state index in [2.05, 4.69) is 11.6 Å². The molecule has 0 radical (unpaired) electrons. The predicted molar refractivity (Wildman–Crippen MR) is 116 cm³/mol. The third-order valence-corrected chi connectivity index (χ3v) is 7.78. The largest absolute Gasteiger partial charge is 0.379 e. The van der Waals surface area contributed by atoms with Crippen LogP contribution in [-0.4, -0.2) is 49.5 Å². The van der Waals surface area contributed by atoms with Crippen LogP contribution >= 0.6 is 11.3 Å². The Morgan fingerprint density at radius 3 is 2.53 bits per heavy atom. The number of rotatable bonds is 5. The lowest BCUT2D eigenvalue weighted by molar-refractivity contribution is 0.0730. The number of carbonyl (C=O) groups is 1. The molecule has 0 saturated carbocycles. The molecule has 1 aliphatic heterocycles. The maximum atomic E-state index is 12.7. The second kappa shape index (κ2) is 8.65. The summed E-state index contributed by atoms with van der Waals surface area (Å²) in [6, 6.07) is 13.8. The number of aromatic nitrogens is 1. The Labute approximate surface area is 178 Å². The number of sulfonamides is 1. The van der Waals surface area contributed by atoms with E-state index in [0.29, 0.717) is 43.2 Å². The highest BCUT2D eigenvalue weighted by Gasteiger charge is 2.26. The molecular formula is C21H21N3O4S2. The van der Waals surface area contributed by atoms with Gasteiger partial charge in [0, 0.05) is 25.2 Å². The van der Waals surface area contributed by atoms with Crippen LogP contribution in [0.1, 0.15) is 10.4 Å². The van der Waals surface area contributed by atoms with Crippen molar-refractivity contribution in [3.63, 3.8) is 0 Å². The smallest absolute Gasteiger partial charge is 0.279 e. The Morgan fingerprint density at radius 2 is 1.83 bits per heavy atom. The summed E-state index contributed by atoms with van der Waals surface area (Å²) in [6.45, 7) is 5.74. The molecule has 1 aliphatic rings. The maximum absolute atomic E-state index is 12.7. The minimum atomic E-state index is -3.60. The first-order chi connectivity index (χ1) is 14.5. The summed E-state index contributed by atoms with van der Waals surface area (Å²) in [5.41, 5.74) is 1.32. The summed E-state index contributed by atoms with van der Waals surface area (Å²) >= 11 is 1.43. The highest BCUT2D eigenvalue weighted by atomic mass is 32.2. The highest BCUT2D eigenvalue weighted by molar-refractivity contribution is 7.89. The fourth-order valence-electron chi connectivity index (χ4n) is 3.27. The molecule has 0 bridgehead atoms. The first kappa shape index (κ1) is 20.7. The number of para-hydroxylation sites is 1. The fraction of sp³-hybridized carbons (Fsp3) is 0.238. The number of amides is 1. The van der Waals surface area contributed by atoms with Gasteiger partial charge in [-0.05, 0) is 36.4 Å². The number of thiazole rings is 1. The summed E-state index contributed by atoms with van der Waals surface area (Å²) in [6.07, 6.45) is 1.76. The molecule has 9 heteroatoms. The van der Waals surface area contributed by atoms with Crippen LogP contribution in [-0.2, 0) is 21.3 Å². The van der Waals surface area contributed by atoms with Crippen LogP contribution < -0.4 is 4.80 Å².